The first-order valence-electron chi connectivity index (χ1n) is 5.24. The highest BCUT2D eigenvalue weighted by molar-refractivity contribution is 7.98. The molecule has 0 unspecified atom stereocenters. The smallest absolute Gasteiger partial charge is 0.208 e. The highest BCUT2D eigenvalue weighted by Crippen LogP contribution is 2.18. The lowest BCUT2D eigenvalue weighted by atomic mass is 10.3. The molecule has 0 fully saturated rings. The topological polar surface area (TPSA) is 67.6 Å². The largest absolute Gasteiger partial charge is 0.361 e. The molecule has 0 spiro atoms. The SMILES string of the molecule is CCCc1nc(SCc2cc(C)on2)n[nH]1. The van der Waals surface area contributed by atoms with Gasteiger partial charge in [-0.3, -0.25) is 5.10 Å². The van der Waals surface area contributed by atoms with E-state index < -0.39 is 0 Å². The molecule has 0 saturated carbocycles. The van der Waals surface area contributed by atoms with Crippen LogP contribution in [0.3, 0.4) is 0 Å². The molecule has 0 aliphatic heterocycles. The fourth-order valence-corrected chi connectivity index (χ4v) is 2.01. The van der Waals surface area contributed by atoms with Crippen LogP contribution in [-0.4, -0.2) is 20.3 Å². The van der Waals surface area contributed by atoms with Crippen LogP contribution in [-0.2, 0) is 12.2 Å². The van der Waals surface area contributed by atoms with Crippen molar-refractivity contribution in [3.05, 3.63) is 23.3 Å². The Bertz CT molecular complexity index is 451. The molecule has 0 atom stereocenters. The molecular formula is C10H14N4OS. The number of aryl methyl sites for hydroxylation is 2. The average Bonchev–Trinajstić information content (AvgIpc) is 2.85. The molecule has 0 amide bonds. The number of H-pyrrole nitrogens is 1. The molecule has 6 heteroatoms. The third-order valence-corrected chi connectivity index (χ3v) is 2.90. The monoisotopic (exact) mass is 238 g/mol. The number of nitrogens with zero attached hydrogens (tertiary/aromatic N) is 3. The maximum atomic E-state index is 4.98. The highest BCUT2D eigenvalue weighted by atomic mass is 32.2. The van der Waals surface area contributed by atoms with Crippen molar-refractivity contribution in [1.82, 2.24) is 20.3 Å². The van der Waals surface area contributed by atoms with Crippen LogP contribution in [0.15, 0.2) is 15.7 Å². The summed E-state index contributed by atoms with van der Waals surface area (Å²) in [5.74, 6) is 2.51. The van der Waals surface area contributed by atoms with Crippen LogP contribution in [0.5, 0.6) is 0 Å². The minimum Gasteiger partial charge on any atom is -0.361 e. The van der Waals surface area contributed by atoms with Crippen LogP contribution < -0.4 is 0 Å². The zero-order valence-electron chi connectivity index (χ0n) is 9.36. The zero-order valence-corrected chi connectivity index (χ0v) is 10.2. The van der Waals surface area contributed by atoms with E-state index in [0.717, 1.165) is 41.0 Å². The van der Waals surface area contributed by atoms with E-state index in [2.05, 4.69) is 27.3 Å². The molecule has 0 aromatic carbocycles. The first-order valence-corrected chi connectivity index (χ1v) is 6.22. The molecule has 86 valence electrons. The Balaban J connectivity index is 1.89. The van der Waals surface area contributed by atoms with Crippen LogP contribution in [0.1, 0.15) is 30.6 Å². The Morgan fingerprint density at radius 2 is 2.38 bits per heavy atom. The second-order valence-electron chi connectivity index (χ2n) is 3.53. The predicted octanol–water partition coefficient (Wildman–Crippen LogP) is 2.35. The molecule has 2 rings (SSSR count). The quantitative estimate of drug-likeness (QED) is 0.810. The number of hydrogen-bond donors (Lipinski definition) is 1. The normalized spacial score (nSPS) is 10.9. The van der Waals surface area contributed by atoms with E-state index in [1.54, 1.807) is 11.8 Å². The molecule has 5 nitrogen and oxygen atoms in total. The summed E-state index contributed by atoms with van der Waals surface area (Å²) in [6.07, 6.45) is 2.01. The molecule has 0 saturated heterocycles. The lowest BCUT2D eigenvalue weighted by Gasteiger charge is -1.90. The molecular weight excluding hydrogens is 224 g/mol. The molecule has 16 heavy (non-hydrogen) atoms. The number of thioether (sulfide) groups is 1. The number of aromatic amines is 1. The van der Waals surface area contributed by atoms with Gasteiger partial charge >= 0.3 is 0 Å². The van der Waals surface area contributed by atoms with Gasteiger partial charge in [-0.2, -0.15) is 0 Å². The summed E-state index contributed by atoms with van der Waals surface area (Å²) >= 11 is 1.56. The van der Waals surface area contributed by atoms with Crippen molar-refractivity contribution in [3.8, 4) is 0 Å². The standard InChI is InChI=1S/C10H14N4OS/c1-3-4-9-11-10(13-12-9)16-6-8-5-7(2)15-14-8/h5H,3-4,6H2,1-2H3,(H,11,12,13). The van der Waals surface area contributed by atoms with E-state index in [0.29, 0.717) is 0 Å². The maximum Gasteiger partial charge on any atom is 0.208 e. The fraction of sp³-hybridized carbons (Fsp3) is 0.500. The summed E-state index contributed by atoms with van der Waals surface area (Å²) in [4.78, 5) is 4.36. The minimum atomic E-state index is 0.737. The fourth-order valence-electron chi connectivity index (χ4n) is 1.32. The first-order chi connectivity index (χ1) is 7.78. The van der Waals surface area contributed by atoms with Crippen LogP contribution in [0.4, 0.5) is 0 Å². The Morgan fingerprint density at radius 3 is 3.06 bits per heavy atom. The van der Waals surface area contributed by atoms with Crippen molar-refractivity contribution in [2.45, 2.75) is 37.6 Å². The molecule has 2 heterocycles. The molecule has 0 aliphatic rings. The summed E-state index contributed by atoms with van der Waals surface area (Å²) in [7, 11) is 0. The lowest BCUT2D eigenvalue weighted by molar-refractivity contribution is 0.393. The zero-order chi connectivity index (χ0) is 11.4. The van der Waals surface area contributed by atoms with Gasteiger partial charge in [0.1, 0.15) is 11.6 Å². The summed E-state index contributed by atoms with van der Waals surface area (Å²) in [6.45, 7) is 4.00. The Morgan fingerprint density at radius 1 is 1.50 bits per heavy atom. The van der Waals surface area contributed by atoms with Gasteiger partial charge in [0, 0.05) is 18.2 Å². The highest BCUT2D eigenvalue weighted by Gasteiger charge is 2.06. The predicted molar refractivity (Wildman–Crippen MR) is 61.2 cm³/mol. The van der Waals surface area contributed by atoms with Crippen molar-refractivity contribution in [1.29, 1.82) is 0 Å². The summed E-state index contributed by atoms with van der Waals surface area (Å²) in [5, 5.41) is 11.7. The Hall–Kier alpha value is -1.30. The van der Waals surface area contributed by atoms with E-state index in [-0.39, 0.29) is 0 Å². The van der Waals surface area contributed by atoms with Gasteiger partial charge < -0.3 is 4.52 Å². The van der Waals surface area contributed by atoms with Gasteiger partial charge in [0.05, 0.1) is 5.69 Å². The molecule has 2 aromatic rings. The van der Waals surface area contributed by atoms with E-state index in [1.165, 1.54) is 0 Å². The molecule has 0 bridgehead atoms. The molecule has 2 aromatic heterocycles. The van der Waals surface area contributed by atoms with Crippen molar-refractivity contribution >= 4 is 11.8 Å². The average molecular weight is 238 g/mol. The molecule has 0 radical (unpaired) electrons. The van der Waals surface area contributed by atoms with Gasteiger partial charge in [-0.15, -0.1) is 5.10 Å². The number of nitrogens with one attached hydrogen (secondary N) is 1. The van der Waals surface area contributed by atoms with E-state index in [1.807, 2.05) is 13.0 Å². The number of rotatable bonds is 5. The van der Waals surface area contributed by atoms with E-state index >= 15 is 0 Å². The van der Waals surface area contributed by atoms with E-state index in [4.69, 9.17) is 4.52 Å². The van der Waals surface area contributed by atoms with Gasteiger partial charge in [0.25, 0.3) is 0 Å². The molecule has 1 N–H and O–H groups in total. The summed E-state index contributed by atoms with van der Waals surface area (Å²) in [6, 6.07) is 1.92. The lowest BCUT2D eigenvalue weighted by Crippen LogP contribution is -1.85. The van der Waals surface area contributed by atoms with Crippen molar-refractivity contribution < 1.29 is 4.52 Å². The van der Waals surface area contributed by atoms with Crippen molar-refractivity contribution in [3.63, 3.8) is 0 Å². The van der Waals surface area contributed by atoms with Gasteiger partial charge in [0.15, 0.2) is 0 Å². The number of aromatic nitrogens is 4. The summed E-state index contributed by atoms with van der Waals surface area (Å²) in [5.41, 5.74) is 0.921. The third kappa shape index (κ3) is 2.85. The second-order valence-corrected chi connectivity index (χ2v) is 4.47. The van der Waals surface area contributed by atoms with Gasteiger partial charge in [-0.25, -0.2) is 4.98 Å². The van der Waals surface area contributed by atoms with Gasteiger partial charge in [-0.1, -0.05) is 23.8 Å². The third-order valence-electron chi connectivity index (χ3n) is 2.02. The van der Waals surface area contributed by atoms with Crippen molar-refractivity contribution in [2.24, 2.45) is 0 Å². The maximum absolute atomic E-state index is 4.98. The van der Waals surface area contributed by atoms with Gasteiger partial charge in [0.2, 0.25) is 5.16 Å². The Labute approximate surface area is 98.0 Å². The molecule has 0 aliphatic carbocycles. The van der Waals surface area contributed by atoms with Crippen molar-refractivity contribution in [2.75, 3.05) is 0 Å². The first kappa shape index (κ1) is 11.2. The Kier molecular flexibility index (Phi) is 3.61. The second kappa shape index (κ2) is 5.16. The van der Waals surface area contributed by atoms with Gasteiger partial charge in [-0.05, 0) is 13.3 Å². The summed E-state index contributed by atoms with van der Waals surface area (Å²) < 4.78 is 4.98. The van der Waals surface area contributed by atoms with Crippen LogP contribution in [0.25, 0.3) is 0 Å². The number of hydrogen-bond acceptors (Lipinski definition) is 5. The van der Waals surface area contributed by atoms with E-state index in [9.17, 15) is 0 Å². The minimum absolute atomic E-state index is 0.737. The van der Waals surface area contributed by atoms with Crippen LogP contribution in [0.2, 0.25) is 0 Å². The van der Waals surface area contributed by atoms with Crippen LogP contribution in [0, 0.1) is 6.92 Å². The van der Waals surface area contributed by atoms with Crippen LogP contribution >= 0.6 is 11.8 Å².